The first-order valence-corrected chi connectivity index (χ1v) is 9.62. The third kappa shape index (κ3) is 3.67. The largest absolute Gasteiger partial charge is 0.339 e. The molecule has 0 aliphatic carbocycles. The highest BCUT2D eigenvalue weighted by Crippen LogP contribution is 2.26. The van der Waals surface area contributed by atoms with Crippen molar-refractivity contribution in [3.63, 3.8) is 0 Å². The maximum absolute atomic E-state index is 13.7. The Morgan fingerprint density at radius 3 is 2.83 bits per heavy atom. The average molecular weight is 351 g/mol. The quantitative estimate of drug-likeness (QED) is 0.832. The summed E-state index contributed by atoms with van der Waals surface area (Å²) in [6, 6.07) is 6.77. The molecule has 2 aromatic rings. The van der Waals surface area contributed by atoms with E-state index < -0.39 is 10.0 Å². The molecule has 130 valence electrons. The van der Waals surface area contributed by atoms with E-state index in [0.29, 0.717) is 25.1 Å². The van der Waals surface area contributed by atoms with Crippen LogP contribution in [0.15, 0.2) is 41.8 Å². The lowest BCUT2D eigenvalue weighted by atomic mass is 9.92. The van der Waals surface area contributed by atoms with Crippen LogP contribution in [0.2, 0.25) is 0 Å². The van der Waals surface area contributed by atoms with Gasteiger partial charge in [-0.05, 0) is 43.2 Å². The third-order valence-corrected chi connectivity index (χ3v) is 6.30. The fourth-order valence-corrected chi connectivity index (χ4v) is 4.72. The van der Waals surface area contributed by atoms with Gasteiger partial charge in [0.1, 0.15) is 5.82 Å². The average Bonchev–Trinajstić information content (AvgIpc) is 3.02. The van der Waals surface area contributed by atoms with Crippen molar-refractivity contribution in [3.8, 4) is 0 Å². The minimum atomic E-state index is -3.54. The van der Waals surface area contributed by atoms with E-state index in [1.807, 2.05) is 6.07 Å². The first-order valence-electron chi connectivity index (χ1n) is 8.18. The topological polar surface area (TPSA) is 55.2 Å². The molecule has 0 radical (unpaired) electrons. The molecule has 1 aromatic carbocycles. The molecule has 5 nitrogen and oxygen atoms in total. The lowest BCUT2D eigenvalue weighted by molar-refractivity contribution is 0.255. The van der Waals surface area contributed by atoms with Crippen LogP contribution in [0, 0.1) is 11.7 Å². The molecule has 3 rings (SSSR count). The van der Waals surface area contributed by atoms with Crippen LogP contribution in [0.3, 0.4) is 0 Å². The monoisotopic (exact) mass is 351 g/mol. The molecule has 2 heterocycles. The van der Waals surface area contributed by atoms with E-state index >= 15 is 0 Å². The minimum Gasteiger partial charge on any atom is -0.339 e. The van der Waals surface area contributed by atoms with Gasteiger partial charge in [0.15, 0.2) is 5.03 Å². The zero-order chi connectivity index (χ0) is 17.2. The predicted octanol–water partition coefficient (Wildman–Crippen LogP) is 2.59. The zero-order valence-corrected chi connectivity index (χ0v) is 14.5. The van der Waals surface area contributed by atoms with Crippen LogP contribution in [0.1, 0.15) is 24.8 Å². The Labute approximate surface area is 142 Å². The van der Waals surface area contributed by atoms with E-state index in [2.05, 4.69) is 4.98 Å². The van der Waals surface area contributed by atoms with E-state index in [4.69, 9.17) is 0 Å². The Bertz CT molecular complexity index is 804. The fourth-order valence-electron chi connectivity index (χ4n) is 3.20. The van der Waals surface area contributed by atoms with Crippen molar-refractivity contribution >= 4 is 10.0 Å². The second kappa shape index (κ2) is 7.03. The number of imidazole rings is 1. The van der Waals surface area contributed by atoms with E-state index in [-0.39, 0.29) is 16.8 Å². The van der Waals surface area contributed by atoms with Crippen molar-refractivity contribution in [1.29, 1.82) is 0 Å². The molecule has 0 amide bonds. The number of hydrogen-bond acceptors (Lipinski definition) is 3. The predicted molar refractivity (Wildman–Crippen MR) is 89.4 cm³/mol. The Hall–Kier alpha value is -1.73. The van der Waals surface area contributed by atoms with Gasteiger partial charge in [0.05, 0.1) is 6.33 Å². The molecule has 1 fully saturated rings. The summed E-state index contributed by atoms with van der Waals surface area (Å²) < 4.78 is 42.2. The molecule has 1 aliphatic heterocycles. The van der Waals surface area contributed by atoms with Gasteiger partial charge in [-0.25, -0.2) is 17.8 Å². The van der Waals surface area contributed by atoms with E-state index in [1.165, 1.54) is 22.9 Å². The van der Waals surface area contributed by atoms with Gasteiger partial charge >= 0.3 is 0 Å². The van der Waals surface area contributed by atoms with Crippen LogP contribution in [0.5, 0.6) is 0 Å². The number of piperidine rings is 1. The van der Waals surface area contributed by atoms with Crippen LogP contribution < -0.4 is 0 Å². The molecule has 0 spiro atoms. The molecular formula is C17H22FN3O2S. The van der Waals surface area contributed by atoms with Gasteiger partial charge in [-0.1, -0.05) is 18.2 Å². The van der Waals surface area contributed by atoms with Gasteiger partial charge in [0.2, 0.25) is 0 Å². The number of hydrogen-bond donors (Lipinski definition) is 0. The van der Waals surface area contributed by atoms with Gasteiger partial charge in [0.25, 0.3) is 10.0 Å². The fraction of sp³-hybridized carbons (Fsp3) is 0.471. The second-order valence-electron chi connectivity index (χ2n) is 6.38. The SMILES string of the molecule is Cn1cnc(S(=O)(=O)N2CCC[C@@H](CCc3ccccc3F)C2)c1. The highest BCUT2D eigenvalue weighted by atomic mass is 32.2. The van der Waals surface area contributed by atoms with Gasteiger partial charge < -0.3 is 4.57 Å². The van der Waals surface area contributed by atoms with Crippen molar-refractivity contribution in [2.45, 2.75) is 30.7 Å². The molecule has 7 heteroatoms. The summed E-state index contributed by atoms with van der Waals surface area (Å²) >= 11 is 0. The summed E-state index contributed by atoms with van der Waals surface area (Å²) in [5, 5.41) is 0.0970. The van der Waals surface area contributed by atoms with Crippen LogP contribution in [0.4, 0.5) is 4.39 Å². The smallest absolute Gasteiger partial charge is 0.262 e. The summed E-state index contributed by atoms with van der Waals surface area (Å²) in [7, 11) is -1.79. The molecule has 0 saturated carbocycles. The number of rotatable bonds is 5. The Kier molecular flexibility index (Phi) is 5.01. The van der Waals surface area contributed by atoms with Crippen molar-refractivity contribution in [2.24, 2.45) is 13.0 Å². The number of aromatic nitrogens is 2. The van der Waals surface area contributed by atoms with Gasteiger partial charge in [-0.2, -0.15) is 4.31 Å². The molecule has 0 unspecified atom stereocenters. The number of nitrogens with zero attached hydrogens (tertiary/aromatic N) is 3. The Morgan fingerprint density at radius 2 is 2.12 bits per heavy atom. The molecule has 24 heavy (non-hydrogen) atoms. The van der Waals surface area contributed by atoms with E-state index in [0.717, 1.165) is 19.3 Å². The van der Waals surface area contributed by atoms with Crippen molar-refractivity contribution in [1.82, 2.24) is 13.9 Å². The third-order valence-electron chi connectivity index (χ3n) is 4.55. The van der Waals surface area contributed by atoms with Crippen LogP contribution in [0.25, 0.3) is 0 Å². The number of sulfonamides is 1. The Balaban J connectivity index is 1.65. The van der Waals surface area contributed by atoms with E-state index in [9.17, 15) is 12.8 Å². The Morgan fingerprint density at radius 1 is 1.33 bits per heavy atom. The van der Waals surface area contributed by atoms with Crippen molar-refractivity contribution in [3.05, 3.63) is 48.2 Å². The summed E-state index contributed by atoms with van der Waals surface area (Å²) in [6.07, 6.45) is 6.24. The standard InChI is InChI=1S/C17H22FN3O2S/c1-20-12-17(19-13-20)24(22,23)21-10-4-5-14(11-21)8-9-15-6-2-3-7-16(15)18/h2-3,6-7,12-14H,4-5,8-11H2,1H3/t14-/m0/s1. The van der Waals surface area contributed by atoms with Crippen LogP contribution in [-0.2, 0) is 23.5 Å². The maximum Gasteiger partial charge on any atom is 0.262 e. The molecule has 1 atom stereocenters. The van der Waals surface area contributed by atoms with Gasteiger partial charge in [-0.3, -0.25) is 0 Å². The highest BCUT2D eigenvalue weighted by Gasteiger charge is 2.31. The summed E-state index contributed by atoms with van der Waals surface area (Å²) in [4.78, 5) is 3.98. The maximum atomic E-state index is 13.7. The molecule has 0 bridgehead atoms. The molecule has 1 aliphatic rings. The summed E-state index contributed by atoms with van der Waals surface area (Å²) in [6.45, 7) is 1.00. The molecule has 1 aromatic heterocycles. The number of halogens is 1. The van der Waals surface area contributed by atoms with Gasteiger partial charge in [-0.15, -0.1) is 0 Å². The molecule has 0 N–H and O–H groups in total. The summed E-state index contributed by atoms with van der Waals surface area (Å²) in [5.41, 5.74) is 0.696. The lowest BCUT2D eigenvalue weighted by Gasteiger charge is -2.31. The number of aryl methyl sites for hydroxylation is 2. The van der Waals surface area contributed by atoms with Crippen LogP contribution in [-0.4, -0.2) is 35.4 Å². The first kappa shape index (κ1) is 17.1. The van der Waals surface area contributed by atoms with Crippen LogP contribution >= 0.6 is 0 Å². The molecule has 1 saturated heterocycles. The normalized spacial score (nSPS) is 19.5. The minimum absolute atomic E-state index is 0.0970. The second-order valence-corrected chi connectivity index (χ2v) is 8.26. The highest BCUT2D eigenvalue weighted by molar-refractivity contribution is 7.89. The lowest BCUT2D eigenvalue weighted by Crippen LogP contribution is -2.40. The number of benzene rings is 1. The van der Waals surface area contributed by atoms with Crippen molar-refractivity contribution < 1.29 is 12.8 Å². The van der Waals surface area contributed by atoms with E-state index in [1.54, 1.807) is 23.7 Å². The first-order chi connectivity index (χ1) is 11.5. The summed E-state index contributed by atoms with van der Waals surface area (Å²) in [5.74, 6) is 0.0584. The van der Waals surface area contributed by atoms with Gasteiger partial charge in [0, 0.05) is 26.3 Å². The zero-order valence-electron chi connectivity index (χ0n) is 13.7. The molecular weight excluding hydrogens is 329 g/mol. The van der Waals surface area contributed by atoms with Crippen molar-refractivity contribution in [2.75, 3.05) is 13.1 Å².